The van der Waals surface area contributed by atoms with Gasteiger partial charge in [0.05, 0.1) is 0 Å². The van der Waals surface area contributed by atoms with Gasteiger partial charge in [-0.25, -0.2) is 0 Å². The summed E-state index contributed by atoms with van der Waals surface area (Å²) >= 11 is 0. The number of hydrogen-bond donors (Lipinski definition) is 1. The molecule has 0 bridgehead atoms. The molecule has 0 aromatic rings. The number of hydrogen-bond acceptors (Lipinski definition) is 1. The monoisotopic (exact) mass is 211 g/mol. The van der Waals surface area contributed by atoms with Crippen LogP contribution < -0.4 is 5.32 Å². The largest absolute Gasteiger partial charge is 0.314 e. The minimum Gasteiger partial charge on any atom is -0.314 e. The fourth-order valence-electron chi connectivity index (χ4n) is 2.67. The third kappa shape index (κ3) is 5.01. The Labute approximate surface area is 96.0 Å². The van der Waals surface area contributed by atoms with Crippen LogP contribution in [0.2, 0.25) is 0 Å². The molecule has 0 amide bonds. The van der Waals surface area contributed by atoms with Gasteiger partial charge in [0.15, 0.2) is 0 Å². The molecule has 1 aliphatic carbocycles. The fraction of sp³-hybridized carbons (Fsp3) is 1.00. The van der Waals surface area contributed by atoms with Crippen molar-refractivity contribution in [3.05, 3.63) is 0 Å². The number of unbranched alkanes of at least 4 members (excludes halogenated alkanes) is 2. The van der Waals surface area contributed by atoms with Gasteiger partial charge in [0, 0.05) is 6.04 Å². The first kappa shape index (κ1) is 13.0. The van der Waals surface area contributed by atoms with E-state index >= 15 is 0 Å². The van der Waals surface area contributed by atoms with Gasteiger partial charge in [-0.2, -0.15) is 0 Å². The van der Waals surface area contributed by atoms with Crippen LogP contribution in [0.15, 0.2) is 0 Å². The zero-order chi connectivity index (χ0) is 11.1. The van der Waals surface area contributed by atoms with Gasteiger partial charge in [-0.1, -0.05) is 33.6 Å². The summed E-state index contributed by atoms with van der Waals surface area (Å²) in [5.41, 5.74) is 0. The lowest BCUT2D eigenvalue weighted by Gasteiger charge is -2.31. The maximum Gasteiger partial charge on any atom is 0.00672 e. The molecule has 0 radical (unpaired) electrons. The molecule has 90 valence electrons. The summed E-state index contributed by atoms with van der Waals surface area (Å²) in [6.45, 7) is 8.26. The van der Waals surface area contributed by atoms with Crippen LogP contribution >= 0.6 is 0 Å². The summed E-state index contributed by atoms with van der Waals surface area (Å²) in [6, 6.07) is 0.830. The summed E-state index contributed by atoms with van der Waals surface area (Å²) in [4.78, 5) is 0. The standard InChI is InChI=1S/C14H29N/c1-4-5-6-11-15-14-9-7-13(8-10-14)12(2)3/h12-15H,4-11H2,1-3H3. The fourth-order valence-corrected chi connectivity index (χ4v) is 2.67. The molecule has 0 saturated heterocycles. The maximum absolute atomic E-state index is 3.72. The lowest BCUT2D eigenvalue weighted by Crippen LogP contribution is -2.34. The Balaban J connectivity index is 2.04. The highest BCUT2D eigenvalue weighted by atomic mass is 14.9. The Bertz CT molecular complexity index is 145. The molecule has 15 heavy (non-hydrogen) atoms. The molecule has 0 atom stereocenters. The quantitative estimate of drug-likeness (QED) is 0.655. The summed E-state index contributed by atoms with van der Waals surface area (Å²) in [6.07, 6.45) is 9.80. The third-order valence-electron chi connectivity index (χ3n) is 3.93. The molecule has 1 nitrogen and oxygen atoms in total. The second-order valence-electron chi connectivity index (χ2n) is 5.52. The molecular formula is C14H29N. The Morgan fingerprint density at radius 1 is 1.07 bits per heavy atom. The van der Waals surface area contributed by atoms with Gasteiger partial charge in [-0.15, -0.1) is 0 Å². The zero-order valence-corrected chi connectivity index (χ0v) is 10.9. The Morgan fingerprint density at radius 2 is 1.73 bits per heavy atom. The van der Waals surface area contributed by atoms with E-state index in [0.29, 0.717) is 0 Å². The molecule has 0 unspecified atom stereocenters. The van der Waals surface area contributed by atoms with E-state index in [1.165, 1.54) is 51.5 Å². The molecule has 1 saturated carbocycles. The highest BCUT2D eigenvalue weighted by Crippen LogP contribution is 2.29. The van der Waals surface area contributed by atoms with Crippen molar-refractivity contribution in [2.75, 3.05) is 6.54 Å². The Hall–Kier alpha value is -0.0400. The summed E-state index contributed by atoms with van der Waals surface area (Å²) in [5.74, 6) is 1.89. The van der Waals surface area contributed by atoms with Gasteiger partial charge in [0.1, 0.15) is 0 Å². The van der Waals surface area contributed by atoms with E-state index in [4.69, 9.17) is 0 Å². The first-order valence-corrected chi connectivity index (χ1v) is 6.97. The third-order valence-corrected chi connectivity index (χ3v) is 3.93. The molecule has 1 aliphatic rings. The predicted molar refractivity (Wildman–Crippen MR) is 68.1 cm³/mol. The van der Waals surface area contributed by atoms with Gasteiger partial charge < -0.3 is 5.32 Å². The molecule has 0 aromatic heterocycles. The van der Waals surface area contributed by atoms with Crippen molar-refractivity contribution in [3.8, 4) is 0 Å². The Kier molecular flexibility index (Phi) is 6.31. The number of nitrogens with one attached hydrogen (secondary N) is 1. The zero-order valence-electron chi connectivity index (χ0n) is 10.9. The van der Waals surface area contributed by atoms with E-state index in [1.54, 1.807) is 0 Å². The van der Waals surface area contributed by atoms with E-state index < -0.39 is 0 Å². The molecule has 0 heterocycles. The minimum atomic E-state index is 0.830. The van der Waals surface area contributed by atoms with Crippen molar-refractivity contribution in [2.24, 2.45) is 11.8 Å². The molecule has 1 fully saturated rings. The van der Waals surface area contributed by atoms with Crippen molar-refractivity contribution in [2.45, 2.75) is 71.8 Å². The van der Waals surface area contributed by atoms with Crippen LogP contribution in [0.25, 0.3) is 0 Å². The minimum absolute atomic E-state index is 0.830. The summed E-state index contributed by atoms with van der Waals surface area (Å²) in [5, 5.41) is 3.72. The van der Waals surface area contributed by atoms with Crippen LogP contribution in [0, 0.1) is 11.8 Å². The highest BCUT2D eigenvalue weighted by Gasteiger charge is 2.22. The molecule has 0 spiro atoms. The van der Waals surface area contributed by atoms with Crippen LogP contribution in [0.4, 0.5) is 0 Å². The van der Waals surface area contributed by atoms with Crippen molar-refractivity contribution in [1.82, 2.24) is 5.32 Å². The van der Waals surface area contributed by atoms with E-state index in [0.717, 1.165) is 17.9 Å². The van der Waals surface area contributed by atoms with Crippen LogP contribution in [0.1, 0.15) is 65.7 Å². The molecule has 0 aromatic carbocycles. The first-order valence-electron chi connectivity index (χ1n) is 6.97. The van der Waals surface area contributed by atoms with Crippen molar-refractivity contribution in [3.63, 3.8) is 0 Å². The molecule has 1 heteroatoms. The van der Waals surface area contributed by atoms with Gasteiger partial charge in [0.25, 0.3) is 0 Å². The maximum atomic E-state index is 3.72. The van der Waals surface area contributed by atoms with E-state index in [-0.39, 0.29) is 0 Å². The van der Waals surface area contributed by atoms with Crippen molar-refractivity contribution in [1.29, 1.82) is 0 Å². The molecule has 1 N–H and O–H groups in total. The van der Waals surface area contributed by atoms with Gasteiger partial charge in [0.2, 0.25) is 0 Å². The average molecular weight is 211 g/mol. The molecular weight excluding hydrogens is 182 g/mol. The second kappa shape index (κ2) is 7.27. The molecule has 0 aliphatic heterocycles. The van der Waals surface area contributed by atoms with Crippen LogP contribution in [0.5, 0.6) is 0 Å². The smallest absolute Gasteiger partial charge is 0.00672 e. The topological polar surface area (TPSA) is 12.0 Å². The van der Waals surface area contributed by atoms with Gasteiger partial charge in [-0.05, 0) is 50.5 Å². The van der Waals surface area contributed by atoms with Crippen molar-refractivity contribution < 1.29 is 0 Å². The van der Waals surface area contributed by atoms with E-state index in [9.17, 15) is 0 Å². The summed E-state index contributed by atoms with van der Waals surface area (Å²) < 4.78 is 0. The van der Waals surface area contributed by atoms with E-state index in [1.807, 2.05) is 0 Å². The van der Waals surface area contributed by atoms with Gasteiger partial charge >= 0.3 is 0 Å². The van der Waals surface area contributed by atoms with Crippen molar-refractivity contribution >= 4 is 0 Å². The second-order valence-corrected chi connectivity index (χ2v) is 5.52. The number of rotatable bonds is 6. The SMILES string of the molecule is CCCCCNC1CCC(C(C)C)CC1. The van der Waals surface area contributed by atoms with E-state index in [2.05, 4.69) is 26.1 Å². The van der Waals surface area contributed by atoms with Crippen LogP contribution in [-0.2, 0) is 0 Å². The normalized spacial score (nSPS) is 27.2. The Morgan fingerprint density at radius 3 is 2.27 bits per heavy atom. The predicted octanol–water partition coefficient (Wildman–Crippen LogP) is 3.98. The average Bonchev–Trinajstić information content (AvgIpc) is 2.25. The first-order chi connectivity index (χ1) is 7.24. The molecule has 1 rings (SSSR count). The highest BCUT2D eigenvalue weighted by molar-refractivity contribution is 4.78. The van der Waals surface area contributed by atoms with Crippen LogP contribution in [-0.4, -0.2) is 12.6 Å². The van der Waals surface area contributed by atoms with Gasteiger partial charge in [-0.3, -0.25) is 0 Å². The summed E-state index contributed by atoms with van der Waals surface area (Å²) in [7, 11) is 0. The van der Waals surface area contributed by atoms with Crippen LogP contribution in [0.3, 0.4) is 0 Å². The lowest BCUT2D eigenvalue weighted by atomic mass is 9.80. The lowest BCUT2D eigenvalue weighted by molar-refractivity contribution is 0.238.